The fourth-order valence-corrected chi connectivity index (χ4v) is 4.52. The largest absolute Gasteiger partial charge is 0.284 e. The first-order chi connectivity index (χ1) is 14.3. The molecule has 2 aromatic carbocycles. The third kappa shape index (κ3) is 4.42. The first-order valence-corrected chi connectivity index (χ1v) is 11.9. The molecule has 1 amide bonds. The number of sulfonamides is 1. The lowest BCUT2D eigenvalue weighted by atomic mass is 9.98. The molecule has 4 rings (SSSR count). The summed E-state index contributed by atoms with van der Waals surface area (Å²) in [7, 11) is -3.37. The van der Waals surface area contributed by atoms with Crippen molar-refractivity contribution in [3.05, 3.63) is 87.9 Å². The third-order valence-electron chi connectivity index (χ3n) is 4.61. The lowest BCUT2D eigenvalue weighted by Crippen LogP contribution is -2.26. The Hall–Kier alpha value is -3.04. The second kappa shape index (κ2) is 8.00. The standard InChI is InChI=1S/C21H18FN3O3S2/c1-30(27,28)24-17-9-7-14(8-10-17)18-13-19(15-4-2-5-16(22)12-15)25(23-18)21(26)20-6-3-11-29-20/h2-12,19,24H,13H2,1H3/t19-/m1/s1. The summed E-state index contributed by atoms with van der Waals surface area (Å²) in [5.41, 5.74) is 2.53. The van der Waals surface area contributed by atoms with Gasteiger partial charge in [-0.1, -0.05) is 30.3 Å². The number of nitrogens with zero attached hydrogens (tertiary/aromatic N) is 2. The molecule has 1 aliphatic rings. The van der Waals surface area contributed by atoms with E-state index in [2.05, 4.69) is 9.82 Å². The van der Waals surface area contributed by atoms with Crippen LogP contribution in [0.25, 0.3) is 0 Å². The fraction of sp³-hybridized carbons (Fsp3) is 0.143. The van der Waals surface area contributed by atoms with Gasteiger partial charge in [0.15, 0.2) is 0 Å². The van der Waals surface area contributed by atoms with Gasteiger partial charge in [-0.25, -0.2) is 17.8 Å². The molecule has 0 saturated carbocycles. The predicted molar refractivity (Wildman–Crippen MR) is 116 cm³/mol. The summed E-state index contributed by atoms with van der Waals surface area (Å²) in [6.07, 6.45) is 1.50. The van der Waals surface area contributed by atoms with Gasteiger partial charge in [-0.15, -0.1) is 11.3 Å². The molecule has 0 bridgehead atoms. The Balaban J connectivity index is 1.67. The van der Waals surface area contributed by atoms with E-state index in [4.69, 9.17) is 0 Å². The Kier molecular flexibility index (Phi) is 5.40. The summed E-state index contributed by atoms with van der Waals surface area (Å²) in [4.78, 5) is 13.6. The second-order valence-electron chi connectivity index (χ2n) is 6.90. The average molecular weight is 444 g/mol. The minimum atomic E-state index is -3.37. The molecule has 1 aliphatic heterocycles. The van der Waals surface area contributed by atoms with Crippen LogP contribution in [0.15, 0.2) is 71.1 Å². The van der Waals surface area contributed by atoms with Crippen molar-refractivity contribution in [3.8, 4) is 0 Å². The van der Waals surface area contributed by atoms with Crippen LogP contribution in [0.3, 0.4) is 0 Å². The number of hydrogen-bond donors (Lipinski definition) is 1. The molecular weight excluding hydrogens is 425 g/mol. The van der Waals surface area contributed by atoms with Crippen LogP contribution in [0, 0.1) is 5.82 Å². The smallest absolute Gasteiger partial charge is 0.284 e. The van der Waals surface area contributed by atoms with Gasteiger partial charge < -0.3 is 0 Å². The van der Waals surface area contributed by atoms with Crippen LogP contribution < -0.4 is 4.72 Å². The van der Waals surface area contributed by atoms with Gasteiger partial charge in [0, 0.05) is 12.1 Å². The van der Waals surface area contributed by atoms with E-state index in [0.717, 1.165) is 11.8 Å². The van der Waals surface area contributed by atoms with E-state index in [1.54, 1.807) is 48.5 Å². The monoisotopic (exact) mass is 443 g/mol. The molecule has 1 atom stereocenters. The van der Waals surface area contributed by atoms with Crippen LogP contribution in [0.1, 0.15) is 33.3 Å². The lowest BCUT2D eigenvalue weighted by molar-refractivity contribution is 0.0716. The zero-order valence-electron chi connectivity index (χ0n) is 15.9. The van der Waals surface area contributed by atoms with Crippen molar-refractivity contribution in [1.82, 2.24) is 5.01 Å². The number of hydrogen-bond acceptors (Lipinski definition) is 5. The van der Waals surface area contributed by atoms with Crippen LogP contribution in [-0.2, 0) is 10.0 Å². The van der Waals surface area contributed by atoms with Crippen molar-refractivity contribution in [2.75, 3.05) is 11.0 Å². The second-order valence-corrected chi connectivity index (χ2v) is 9.60. The third-order valence-corrected chi connectivity index (χ3v) is 6.07. The quantitative estimate of drug-likeness (QED) is 0.640. The molecule has 1 aromatic heterocycles. The maximum atomic E-state index is 13.8. The van der Waals surface area contributed by atoms with Crippen molar-refractivity contribution >= 4 is 38.7 Å². The van der Waals surface area contributed by atoms with Crippen LogP contribution in [0.4, 0.5) is 10.1 Å². The SMILES string of the molecule is CS(=O)(=O)Nc1ccc(C2=NN(C(=O)c3cccs3)[C@@H](c3cccc(F)c3)C2)cc1. The van der Waals surface area contributed by atoms with E-state index >= 15 is 0 Å². The van der Waals surface area contributed by atoms with E-state index in [9.17, 15) is 17.6 Å². The number of hydrazone groups is 1. The van der Waals surface area contributed by atoms with Crippen LogP contribution in [0.5, 0.6) is 0 Å². The molecule has 0 unspecified atom stereocenters. The number of anilines is 1. The topological polar surface area (TPSA) is 78.8 Å². The molecule has 0 saturated heterocycles. The van der Waals surface area contributed by atoms with E-state index in [0.29, 0.717) is 28.3 Å². The average Bonchev–Trinajstić information content (AvgIpc) is 3.37. The van der Waals surface area contributed by atoms with Gasteiger partial charge in [0.1, 0.15) is 5.82 Å². The van der Waals surface area contributed by atoms with Crippen LogP contribution >= 0.6 is 11.3 Å². The van der Waals surface area contributed by atoms with Gasteiger partial charge in [-0.2, -0.15) is 5.10 Å². The predicted octanol–water partition coefficient (Wildman–Crippen LogP) is 4.25. The summed E-state index contributed by atoms with van der Waals surface area (Å²) < 4.78 is 39.0. The van der Waals surface area contributed by atoms with E-state index < -0.39 is 16.1 Å². The maximum Gasteiger partial charge on any atom is 0.284 e. The number of thiophene rings is 1. The normalized spacial score (nSPS) is 16.4. The first kappa shape index (κ1) is 20.2. The molecule has 9 heteroatoms. The van der Waals surface area contributed by atoms with Gasteiger partial charge in [0.05, 0.1) is 22.9 Å². The van der Waals surface area contributed by atoms with Gasteiger partial charge in [-0.3, -0.25) is 9.52 Å². The zero-order chi connectivity index (χ0) is 21.3. The van der Waals surface area contributed by atoms with Crippen LogP contribution in [0.2, 0.25) is 0 Å². The van der Waals surface area contributed by atoms with E-state index in [-0.39, 0.29) is 11.7 Å². The summed E-state index contributed by atoms with van der Waals surface area (Å²) in [5.74, 6) is -0.620. The Bertz CT molecular complexity index is 1210. The summed E-state index contributed by atoms with van der Waals surface area (Å²) >= 11 is 1.32. The highest BCUT2D eigenvalue weighted by Crippen LogP contribution is 2.35. The van der Waals surface area contributed by atoms with Crippen molar-refractivity contribution in [2.45, 2.75) is 12.5 Å². The summed E-state index contributed by atoms with van der Waals surface area (Å²) in [6.45, 7) is 0. The molecule has 154 valence electrons. The number of amides is 1. The van der Waals surface area contributed by atoms with Crippen molar-refractivity contribution in [3.63, 3.8) is 0 Å². The molecule has 0 spiro atoms. The highest BCUT2D eigenvalue weighted by molar-refractivity contribution is 7.92. The van der Waals surface area contributed by atoms with Gasteiger partial charge in [-0.05, 0) is 46.8 Å². The minimum Gasteiger partial charge on any atom is -0.284 e. The van der Waals surface area contributed by atoms with Gasteiger partial charge in [0.2, 0.25) is 10.0 Å². The number of benzene rings is 2. The first-order valence-electron chi connectivity index (χ1n) is 9.08. The Morgan fingerprint density at radius 1 is 1.17 bits per heavy atom. The molecule has 3 aromatic rings. The molecular formula is C21H18FN3O3S2. The Morgan fingerprint density at radius 3 is 2.57 bits per heavy atom. The summed E-state index contributed by atoms with van der Waals surface area (Å²) in [5, 5.41) is 7.77. The number of carbonyl (C=O) groups excluding carboxylic acids is 1. The summed E-state index contributed by atoms with van der Waals surface area (Å²) in [6, 6.07) is 16.0. The lowest BCUT2D eigenvalue weighted by Gasteiger charge is -2.21. The number of nitrogens with one attached hydrogen (secondary N) is 1. The minimum absolute atomic E-state index is 0.246. The van der Waals surface area contributed by atoms with Crippen LogP contribution in [-0.4, -0.2) is 31.3 Å². The Morgan fingerprint density at radius 2 is 1.93 bits per heavy atom. The van der Waals surface area contributed by atoms with E-state index in [1.807, 2.05) is 5.38 Å². The molecule has 0 aliphatic carbocycles. The van der Waals surface area contributed by atoms with E-state index in [1.165, 1.54) is 28.5 Å². The highest BCUT2D eigenvalue weighted by Gasteiger charge is 2.34. The molecule has 6 nitrogen and oxygen atoms in total. The molecule has 0 radical (unpaired) electrons. The number of rotatable bonds is 5. The number of carbonyl (C=O) groups is 1. The maximum absolute atomic E-state index is 13.8. The molecule has 1 N–H and O–H groups in total. The molecule has 0 fully saturated rings. The van der Waals surface area contributed by atoms with Gasteiger partial charge >= 0.3 is 0 Å². The number of halogens is 1. The Labute approximate surface area is 177 Å². The molecule has 30 heavy (non-hydrogen) atoms. The zero-order valence-corrected chi connectivity index (χ0v) is 17.6. The van der Waals surface area contributed by atoms with Gasteiger partial charge in [0.25, 0.3) is 5.91 Å². The molecule has 2 heterocycles. The highest BCUT2D eigenvalue weighted by atomic mass is 32.2. The van der Waals surface area contributed by atoms with Crippen molar-refractivity contribution in [1.29, 1.82) is 0 Å². The van der Waals surface area contributed by atoms with Crippen molar-refractivity contribution in [2.24, 2.45) is 5.10 Å². The fourth-order valence-electron chi connectivity index (χ4n) is 3.30. The van der Waals surface area contributed by atoms with Crippen molar-refractivity contribution < 1.29 is 17.6 Å².